The van der Waals surface area contributed by atoms with E-state index in [0.29, 0.717) is 17.3 Å². The van der Waals surface area contributed by atoms with E-state index in [4.69, 9.17) is 16.0 Å². The van der Waals surface area contributed by atoms with Crippen LogP contribution in [0.15, 0.2) is 46.9 Å². The van der Waals surface area contributed by atoms with Gasteiger partial charge < -0.3 is 9.73 Å². The molecule has 1 N–H and O–H groups in total. The molecule has 1 amide bonds. The van der Waals surface area contributed by atoms with Crippen LogP contribution in [0.5, 0.6) is 0 Å². The summed E-state index contributed by atoms with van der Waals surface area (Å²) in [5.41, 5.74) is 3.77. The number of likely N-dealkylation sites (N-methyl/N-ethyl adjacent to an activating group) is 1. The van der Waals surface area contributed by atoms with Gasteiger partial charge in [0.2, 0.25) is 0 Å². The number of benzene rings is 2. The SMILES string of the molecule is CCN(CC)C(CNC(=O)c1oc2ccc(C)cc2c1C)c1ccccc1Cl. The molecule has 0 fully saturated rings. The van der Waals surface area contributed by atoms with Gasteiger partial charge in [0, 0.05) is 22.5 Å². The summed E-state index contributed by atoms with van der Waals surface area (Å²) in [5.74, 6) is 0.175. The summed E-state index contributed by atoms with van der Waals surface area (Å²) in [7, 11) is 0. The Balaban J connectivity index is 1.84. The van der Waals surface area contributed by atoms with E-state index in [0.717, 1.165) is 40.7 Å². The third-order valence-corrected chi connectivity index (χ3v) is 5.62. The van der Waals surface area contributed by atoms with Gasteiger partial charge in [0.1, 0.15) is 5.58 Å². The Morgan fingerprint density at radius 3 is 2.54 bits per heavy atom. The Morgan fingerprint density at radius 1 is 1.14 bits per heavy atom. The standard InChI is InChI=1S/C23H27ClN2O2/c1-5-26(6-2)20(17-9-7-8-10-19(17)24)14-25-23(27)22-16(4)18-13-15(3)11-12-21(18)28-22/h7-13,20H,5-6,14H2,1-4H3,(H,25,27). The van der Waals surface area contributed by atoms with Crippen molar-refractivity contribution < 1.29 is 9.21 Å². The zero-order chi connectivity index (χ0) is 20.3. The molecule has 0 saturated carbocycles. The van der Waals surface area contributed by atoms with Crippen molar-refractivity contribution in [2.75, 3.05) is 19.6 Å². The third kappa shape index (κ3) is 4.08. The molecule has 3 rings (SSSR count). The average molecular weight is 399 g/mol. The van der Waals surface area contributed by atoms with Crippen LogP contribution in [0.25, 0.3) is 11.0 Å². The second kappa shape index (κ2) is 8.80. The van der Waals surface area contributed by atoms with Crippen LogP contribution in [0.2, 0.25) is 5.02 Å². The van der Waals surface area contributed by atoms with Crippen molar-refractivity contribution in [1.29, 1.82) is 0 Å². The highest BCUT2D eigenvalue weighted by Gasteiger charge is 2.23. The number of nitrogens with one attached hydrogen (secondary N) is 1. The molecule has 2 aromatic carbocycles. The van der Waals surface area contributed by atoms with Gasteiger partial charge in [-0.05, 0) is 50.7 Å². The Labute approximate surface area is 171 Å². The van der Waals surface area contributed by atoms with Crippen molar-refractivity contribution in [2.45, 2.75) is 33.7 Å². The maximum Gasteiger partial charge on any atom is 0.287 e. The van der Waals surface area contributed by atoms with Crippen molar-refractivity contribution in [3.63, 3.8) is 0 Å². The number of amides is 1. The van der Waals surface area contributed by atoms with Crippen LogP contribution in [0.3, 0.4) is 0 Å². The maximum atomic E-state index is 12.9. The minimum absolute atomic E-state index is 0.000390. The molecular weight excluding hydrogens is 372 g/mol. The minimum atomic E-state index is -0.199. The molecule has 0 aliphatic rings. The van der Waals surface area contributed by atoms with Gasteiger partial charge in [-0.2, -0.15) is 0 Å². The lowest BCUT2D eigenvalue weighted by Crippen LogP contribution is -2.38. The second-order valence-electron chi connectivity index (χ2n) is 7.02. The summed E-state index contributed by atoms with van der Waals surface area (Å²) in [6.07, 6.45) is 0. The van der Waals surface area contributed by atoms with Crippen LogP contribution in [-0.4, -0.2) is 30.4 Å². The topological polar surface area (TPSA) is 45.5 Å². The molecular formula is C23H27ClN2O2. The first-order valence-corrected chi connectivity index (χ1v) is 10.1. The number of rotatable bonds is 7. The third-order valence-electron chi connectivity index (χ3n) is 5.27. The number of aryl methyl sites for hydroxylation is 2. The van der Waals surface area contributed by atoms with Crippen molar-refractivity contribution in [3.8, 4) is 0 Å². The summed E-state index contributed by atoms with van der Waals surface area (Å²) in [5, 5.41) is 4.75. The Kier molecular flexibility index (Phi) is 6.42. The van der Waals surface area contributed by atoms with E-state index in [2.05, 4.69) is 24.1 Å². The fourth-order valence-electron chi connectivity index (χ4n) is 3.67. The number of fused-ring (bicyclic) bond motifs is 1. The molecule has 0 bridgehead atoms. The van der Waals surface area contributed by atoms with Crippen molar-refractivity contribution in [2.24, 2.45) is 0 Å². The van der Waals surface area contributed by atoms with Crippen molar-refractivity contribution in [3.05, 3.63) is 69.9 Å². The van der Waals surface area contributed by atoms with E-state index in [-0.39, 0.29) is 11.9 Å². The Morgan fingerprint density at radius 2 is 1.86 bits per heavy atom. The van der Waals surface area contributed by atoms with E-state index in [1.54, 1.807) is 0 Å². The predicted molar refractivity (Wildman–Crippen MR) is 115 cm³/mol. The molecule has 0 saturated heterocycles. The number of hydrogen-bond donors (Lipinski definition) is 1. The van der Waals surface area contributed by atoms with Gasteiger partial charge in [-0.25, -0.2) is 0 Å². The van der Waals surface area contributed by atoms with Crippen LogP contribution in [0, 0.1) is 13.8 Å². The molecule has 3 aromatic rings. The summed E-state index contributed by atoms with van der Waals surface area (Å²) in [4.78, 5) is 15.2. The van der Waals surface area contributed by atoms with Gasteiger partial charge in [-0.15, -0.1) is 0 Å². The van der Waals surface area contributed by atoms with E-state index in [9.17, 15) is 4.79 Å². The molecule has 0 radical (unpaired) electrons. The second-order valence-corrected chi connectivity index (χ2v) is 7.43. The van der Waals surface area contributed by atoms with E-state index in [1.807, 2.05) is 56.3 Å². The number of carbonyl (C=O) groups excluding carboxylic acids is 1. The largest absolute Gasteiger partial charge is 0.451 e. The van der Waals surface area contributed by atoms with E-state index in [1.165, 1.54) is 0 Å². The van der Waals surface area contributed by atoms with Gasteiger partial charge in [0.25, 0.3) is 5.91 Å². The molecule has 28 heavy (non-hydrogen) atoms. The number of halogens is 1. The van der Waals surface area contributed by atoms with E-state index < -0.39 is 0 Å². The van der Waals surface area contributed by atoms with Gasteiger partial charge in [-0.3, -0.25) is 9.69 Å². The van der Waals surface area contributed by atoms with Gasteiger partial charge in [0.15, 0.2) is 5.76 Å². The van der Waals surface area contributed by atoms with Gasteiger partial charge >= 0.3 is 0 Å². The average Bonchev–Trinajstić information content (AvgIpc) is 3.02. The fourth-order valence-corrected chi connectivity index (χ4v) is 3.93. The number of carbonyl (C=O) groups is 1. The number of nitrogens with zero attached hydrogens (tertiary/aromatic N) is 1. The van der Waals surface area contributed by atoms with Crippen molar-refractivity contribution in [1.82, 2.24) is 10.2 Å². The molecule has 0 aliphatic heterocycles. The first kappa shape index (κ1) is 20.4. The predicted octanol–water partition coefficient (Wildman–Crippen LogP) is 5.52. The van der Waals surface area contributed by atoms with Gasteiger partial charge in [0.05, 0.1) is 6.04 Å². The van der Waals surface area contributed by atoms with Crippen LogP contribution in [0.4, 0.5) is 0 Å². The highest BCUT2D eigenvalue weighted by molar-refractivity contribution is 6.31. The zero-order valence-electron chi connectivity index (χ0n) is 16.9. The lowest BCUT2D eigenvalue weighted by atomic mass is 10.0. The molecule has 1 atom stereocenters. The summed E-state index contributed by atoms with van der Waals surface area (Å²) < 4.78 is 5.84. The van der Waals surface area contributed by atoms with Crippen LogP contribution in [-0.2, 0) is 0 Å². The molecule has 0 aliphatic carbocycles. The molecule has 0 spiro atoms. The highest BCUT2D eigenvalue weighted by Crippen LogP contribution is 2.28. The first-order valence-electron chi connectivity index (χ1n) is 9.72. The molecule has 1 heterocycles. The Hall–Kier alpha value is -2.30. The summed E-state index contributed by atoms with van der Waals surface area (Å²) in [6, 6.07) is 13.8. The quantitative estimate of drug-likeness (QED) is 0.570. The molecule has 1 unspecified atom stereocenters. The lowest BCUT2D eigenvalue weighted by Gasteiger charge is -2.30. The zero-order valence-corrected chi connectivity index (χ0v) is 17.6. The van der Waals surface area contributed by atoms with Crippen LogP contribution in [0.1, 0.15) is 47.1 Å². The van der Waals surface area contributed by atoms with Crippen molar-refractivity contribution >= 4 is 28.5 Å². The van der Waals surface area contributed by atoms with Crippen LogP contribution >= 0.6 is 11.6 Å². The van der Waals surface area contributed by atoms with E-state index >= 15 is 0 Å². The molecule has 1 aromatic heterocycles. The summed E-state index contributed by atoms with van der Waals surface area (Å²) >= 11 is 6.44. The first-order chi connectivity index (χ1) is 13.5. The fraction of sp³-hybridized carbons (Fsp3) is 0.348. The number of hydrogen-bond acceptors (Lipinski definition) is 3. The normalized spacial score (nSPS) is 12.5. The Bertz CT molecular complexity index is 976. The molecule has 148 valence electrons. The highest BCUT2D eigenvalue weighted by atomic mass is 35.5. The monoisotopic (exact) mass is 398 g/mol. The maximum absolute atomic E-state index is 12.9. The lowest BCUT2D eigenvalue weighted by molar-refractivity contribution is 0.0908. The van der Waals surface area contributed by atoms with Gasteiger partial charge in [-0.1, -0.05) is 55.3 Å². The molecule has 4 nitrogen and oxygen atoms in total. The molecule has 5 heteroatoms. The minimum Gasteiger partial charge on any atom is -0.451 e. The summed E-state index contributed by atoms with van der Waals surface area (Å²) in [6.45, 7) is 10.4. The van der Waals surface area contributed by atoms with Crippen LogP contribution < -0.4 is 5.32 Å². The smallest absolute Gasteiger partial charge is 0.287 e. The number of furan rings is 1.